The lowest BCUT2D eigenvalue weighted by Crippen LogP contribution is -2.52. The second-order valence-corrected chi connectivity index (χ2v) is 13.2. The summed E-state index contributed by atoms with van der Waals surface area (Å²) >= 11 is 6.14. The highest BCUT2D eigenvalue weighted by Crippen LogP contribution is 2.49. The first-order valence-corrected chi connectivity index (χ1v) is 16.7. The number of anilines is 1. The Balaban J connectivity index is 1.28. The van der Waals surface area contributed by atoms with Crippen LogP contribution in [0, 0.1) is 5.92 Å². The molecule has 16 heteroatoms. The van der Waals surface area contributed by atoms with Crippen LogP contribution >= 0.6 is 11.6 Å². The highest BCUT2D eigenvalue weighted by Gasteiger charge is 2.51. The van der Waals surface area contributed by atoms with Crippen LogP contribution in [0.15, 0.2) is 47.4 Å². The van der Waals surface area contributed by atoms with Gasteiger partial charge in [0.2, 0.25) is 11.7 Å². The van der Waals surface area contributed by atoms with E-state index < -0.39 is 29.0 Å². The van der Waals surface area contributed by atoms with E-state index in [1.807, 2.05) is 13.0 Å². The van der Waals surface area contributed by atoms with Gasteiger partial charge in [0.25, 0.3) is 11.5 Å². The summed E-state index contributed by atoms with van der Waals surface area (Å²) in [5, 5.41) is 17.3. The number of likely N-dealkylation sites (tertiary alicyclic amines) is 1. The van der Waals surface area contributed by atoms with Crippen LogP contribution in [0.2, 0.25) is 5.02 Å². The van der Waals surface area contributed by atoms with E-state index in [4.69, 9.17) is 21.3 Å². The maximum Gasteiger partial charge on any atom is 0.416 e. The molecule has 0 radical (unpaired) electrons. The van der Waals surface area contributed by atoms with E-state index in [1.54, 1.807) is 15.5 Å². The Labute approximate surface area is 288 Å². The maximum atomic E-state index is 14.5. The van der Waals surface area contributed by atoms with Crippen molar-refractivity contribution in [3.8, 4) is 5.75 Å². The lowest BCUT2D eigenvalue weighted by Gasteiger charge is -2.46. The van der Waals surface area contributed by atoms with Crippen molar-refractivity contribution in [2.24, 2.45) is 5.92 Å². The summed E-state index contributed by atoms with van der Waals surface area (Å²) in [5.41, 5.74) is -0.0209. The van der Waals surface area contributed by atoms with E-state index in [0.717, 1.165) is 23.8 Å². The number of amides is 2. The molecule has 3 aliphatic rings. The maximum absolute atomic E-state index is 14.5. The van der Waals surface area contributed by atoms with Gasteiger partial charge in [-0.15, -0.1) is 5.10 Å². The molecule has 0 saturated carbocycles. The van der Waals surface area contributed by atoms with E-state index in [0.29, 0.717) is 75.5 Å². The zero-order chi connectivity index (χ0) is 35.4. The highest BCUT2D eigenvalue weighted by molar-refractivity contribution is 6.33. The van der Waals surface area contributed by atoms with Gasteiger partial charge in [-0.3, -0.25) is 14.4 Å². The van der Waals surface area contributed by atoms with Crippen molar-refractivity contribution in [3.05, 3.63) is 86.3 Å². The molecule has 2 atom stereocenters. The number of benzene rings is 1. The number of nitrogens with one attached hydrogen (secondary N) is 1. The minimum atomic E-state index is -4.60. The van der Waals surface area contributed by atoms with Gasteiger partial charge in [0.15, 0.2) is 11.5 Å². The van der Waals surface area contributed by atoms with E-state index in [-0.39, 0.29) is 46.0 Å². The minimum absolute atomic E-state index is 0.00592. The largest absolute Gasteiger partial charge is 0.505 e. The molecule has 3 aromatic heterocycles. The van der Waals surface area contributed by atoms with Crippen molar-refractivity contribution in [3.63, 3.8) is 0 Å². The zero-order valence-corrected chi connectivity index (χ0v) is 27.7. The van der Waals surface area contributed by atoms with Gasteiger partial charge in [-0.05, 0) is 67.5 Å². The Morgan fingerprint density at radius 2 is 2.02 bits per heavy atom. The number of ether oxygens (including phenoxy) is 1. The molecule has 1 fully saturated rings. The molecule has 5 heterocycles. The number of hydrogen-bond donors (Lipinski definition) is 2. The first-order valence-electron chi connectivity index (χ1n) is 16.3. The number of aromatic nitrogens is 5. The molecule has 12 nitrogen and oxygen atoms in total. The topological polar surface area (TPSA) is 144 Å². The molecule has 0 bridgehead atoms. The smallest absolute Gasteiger partial charge is 0.416 e. The normalized spacial score (nSPS) is 20.6. The summed E-state index contributed by atoms with van der Waals surface area (Å²) in [4.78, 5) is 52.0. The van der Waals surface area contributed by atoms with E-state index in [1.165, 1.54) is 16.8 Å². The number of hydrogen-bond acceptors (Lipinski definition) is 8. The average Bonchev–Trinajstić information content (AvgIpc) is 3.72. The minimum Gasteiger partial charge on any atom is -0.505 e. The zero-order valence-electron chi connectivity index (χ0n) is 27.0. The number of piperidine rings is 1. The predicted octanol–water partition coefficient (Wildman–Crippen LogP) is 4.86. The summed E-state index contributed by atoms with van der Waals surface area (Å²) < 4.78 is 48.0. The van der Waals surface area contributed by atoms with Crippen LogP contribution in [-0.4, -0.2) is 72.3 Å². The number of carbonyl (C=O) groups is 2. The van der Waals surface area contributed by atoms with Gasteiger partial charge in [-0.2, -0.15) is 22.7 Å². The number of halogens is 4. The summed E-state index contributed by atoms with van der Waals surface area (Å²) in [5.74, 6) is -0.838. The Bertz CT molecular complexity index is 2110. The molecule has 2 aliphatic heterocycles. The molecular weight excluding hydrogens is 679 g/mol. The standard InChI is InChI=1S/C34H33ClF3N7O5/c1-2-20-17-43(31(49)28-25(46)4-3-12-39-28)13-11-33(20)10-7-24-27(33)30(48)45-32(41-29(42-45)19-8-14-50-15-9-19)44(24)18-26(47)40-23-6-5-21(16-22(23)35)34(36,37)38/h3-6,8,12,16,20,46H,2,7,9-11,13-15,17-18H2,1H3,(H,40,47)/t20?,33-/m1/s1. The fourth-order valence-corrected chi connectivity index (χ4v) is 7.86. The highest BCUT2D eigenvalue weighted by atomic mass is 35.5. The van der Waals surface area contributed by atoms with Gasteiger partial charge in [0.1, 0.15) is 12.3 Å². The van der Waals surface area contributed by atoms with Crippen molar-refractivity contribution in [2.45, 2.75) is 57.2 Å². The fraction of sp³-hybridized carbons (Fsp3) is 0.412. The molecule has 4 aromatic rings. The van der Waals surface area contributed by atoms with E-state index in [2.05, 4.69) is 15.4 Å². The molecule has 1 spiro atoms. The number of alkyl halides is 3. The molecular formula is C34H33ClF3N7O5. The van der Waals surface area contributed by atoms with Crippen LogP contribution < -0.4 is 10.9 Å². The number of aromatic hydroxyl groups is 1. The Hall–Kier alpha value is -4.76. The van der Waals surface area contributed by atoms with Crippen LogP contribution in [0.25, 0.3) is 11.4 Å². The molecule has 50 heavy (non-hydrogen) atoms. The van der Waals surface area contributed by atoms with E-state index in [9.17, 15) is 32.7 Å². The van der Waals surface area contributed by atoms with Crippen molar-refractivity contribution in [2.75, 3.05) is 31.6 Å². The number of nitrogens with zero attached hydrogens (tertiary/aromatic N) is 6. The second kappa shape index (κ2) is 12.8. The van der Waals surface area contributed by atoms with Crippen molar-refractivity contribution >= 4 is 40.5 Å². The Morgan fingerprint density at radius 3 is 2.72 bits per heavy atom. The van der Waals surface area contributed by atoms with Gasteiger partial charge in [0, 0.05) is 36.0 Å². The number of pyridine rings is 1. The molecule has 1 aromatic carbocycles. The number of carbonyl (C=O) groups excluding carboxylic acids is 2. The quantitative estimate of drug-likeness (QED) is 0.289. The van der Waals surface area contributed by atoms with Crippen LogP contribution in [0.4, 0.5) is 18.9 Å². The summed E-state index contributed by atoms with van der Waals surface area (Å²) in [6.45, 7) is 3.15. The molecule has 1 aliphatic carbocycles. The van der Waals surface area contributed by atoms with Crippen LogP contribution in [0.1, 0.15) is 65.7 Å². The Kier molecular flexibility index (Phi) is 8.67. The molecule has 2 amide bonds. The van der Waals surface area contributed by atoms with Crippen LogP contribution in [-0.2, 0) is 34.1 Å². The first kappa shape index (κ1) is 33.7. The fourth-order valence-electron chi connectivity index (χ4n) is 7.63. The molecule has 2 N–H and O–H groups in total. The van der Waals surface area contributed by atoms with Gasteiger partial charge in [-0.25, -0.2) is 4.98 Å². The summed E-state index contributed by atoms with van der Waals surface area (Å²) in [6.07, 6.45) is 1.35. The second-order valence-electron chi connectivity index (χ2n) is 12.8. The molecule has 262 valence electrons. The monoisotopic (exact) mass is 711 g/mol. The van der Waals surface area contributed by atoms with Crippen molar-refractivity contribution in [1.82, 2.24) is 29.0 Å². The van der Waals surface area contributed by atoms with E-state index >= 15 is 0 Å². The van der Waals surface area contributed by atoms with Gasteiger partial charge in [-0.1, -0.05) is 31.0 Å². The van der Waals surface area contributed by atoms with Crippen molar-refractivity contribution in [1.29, 1.82) is 0 Å². The number of rotatable bonds is 6. The average molecular weight is 712 g/mol. The SMILES string of the molecule is CCC1CN(C(=O)c2ncccc2O)CC[C@]12CCc1c2c(=O)n2nc(C3=CCOCC3)nc2n1CC(=O)Nc1ccc(C(F)(F)F)cc1Cl. The molecule has 7 rings (SSSR count). The third kappa shape index (κ3) is 5.81. The summed E-state index contributed by atoms with van der Waals surface area (Å²) in [6, 6.07) is 5.64. The molecule has 1 unspecified atom stereocenters. The lowest BCUT2D eigenvalue weighted by molar-refractivity contribution is -0.137. The lowest BCUT2D eigenvalue weighted by atomic mass is 9.66. The van der Waals surface area contributed by atoms with Crippen LogP contribution in [0.3, 0.4) is 0 Å². The van der Waals surface area contributed by atoms with Gasteiger partial charge < -0.3 is 24.6 Å². The van der Waals surface area contributed by atoms with Crippen LogP contribution in [0.5, 0.6) is 5.75 Å². The Morgan fingerprint density at radius 1 is 1.20 bits per heavy atom. The number of fused-ring (bicyclic) bond motifs is 3. The van der Waals surface area contributed by atoms with Gasteiger partial charge in [0.05, 0.1) is 29.5 Å². The van der Waals surface area contributed by atoms with Gasteiger partial charge >= 0.3 is 6.18 Å². The summed E-state index contributed by atoms with van der Waals surface area (Å²) in [7, 11) is 0. The predicted molar refractivity (Wildman–Crippen MR) is 176 cm³/mol. The third-order valence-corrected chi connectivity index (χ3v) is 10.4. The first-order chi connectivity index (χ1) is 23.9. The van der Waals surface area contributed by atoms with Crippen molar-refractivity contribution < 1.29 is 32.6 Å². The molecule has 1 saturated heterocycles. The third-order valence-electron chi connectivity index (χ3n) is 10.1.